The zero-order valence-electron chi connectivity index (χ0n) is 16.2. The van der Waals surface area contributed by atoms with Crippen LogP contribution in [0.3, 0.4) is 0 Å². The molecular formula is C23H17ClFNO3S. The molecule has 0 spiro atoms. The number of ether oxygens (including phenoxy) is 1. The van der Waals surface area contributed by atoms with Crippen LogP contribution in [0.4, 0.5) is 4.39 Å². The van der Waals surface area contributed by atoms with Gasteiger partial charge in [0.05, 0.1) is 15.4 Å². The van der Waals surface area contributed by atoms with Crippen molar-refractivity contribution in [3.63, 3.8) is 0 Å². The zero-order chi connectivity index (χ0) is 21.5. The maximum Gasteiger partial charge on any atom is 0.175 e. The molecule has 0 aliphatic carbocycles. The maximum atomic E-state index is 13.9. The number of pyridine rings is 1. The summed E-state index contributed by atoms with van der Waals surface area (Å²) in [6.45, 7) is 1.89. The van der Waals surface area contributed by atoms with Gasteiger partial charge in [0.25, 0.3) is 0 Å². The van der Waals surface area contributed by atoms with Crippen molar-refractivity contribution in [2.45, 2.75) is 11.8 Å². The molecule has 0 unspecified atom stereocenters. The van der Waals surface area contributed by atoms with Gasteiger partial charge in [-0.25, -0.2) is 12.8 Å². The van der Waals surface area contributed by atoms with Crippen molar-refractivity contribution in [3.8, 4) is 22.6 Å². The van der Waals surface area contributed by atoms with E-state index in [1.165, 1.54) is 6.07 Å². The first kappa shape index (κ1) is 20.3. The summed E-state index contributed by atoms with van der Waals surface area (Å²) in [7, 11) is -3.56. The summed E-state index contributed by atoms with van der Waals surface area (Å²) >= 11 is 6.32. The third-order valence-corrected chi connectivity index (χ3v) is 5.97. The van der Waals surface area contributed by atoms with Crippen LogP contribution in [0.2, 0.25) is 5.02 Å². The number of para-hydroxylation sites is 1. The number of rotatable bonds is 4. The normalized spacial score (nSPS) is 11.6. The Morgan fingerprint density at radius 3 is 2.50 bits per heavy atom. The molecule has 152 valence electrons. The van der Waals surface area contributed by atoms with E-state index in [9.17, 15) is 12.8 Å². The second-order valence-electron chi connectivity index (χ2n) is 6.97. The van der Waals surface area contributed by atoms with Gasteiger partial charge in [0.2, 0.25) is 0 Å². The Morgan fingerprint density at radius 2 is 1.73 bits per heavy atom. The molecular weight excluding hydrogens is 425 g/mol. The lowest BCUT2D eigenvalue weighted by atomic mass is 10.00. The predicted molar refractivity (Wildman–Crippen MR) is 117 cm³/mol. The number of sulfone groups is 1. The quantitative estimate of drug-likeness (QED) is 0.378. The van der Waals surface area contributed by atoms with E-state index in [0.717, 1.165) is 40.6 Å². The molecule has 1 heterocycles. The Labute approximate surface area is 178 Å². The number of nitrogens with zero attached hydrogens (tertiary/aromatic N) is 1. The van der Waals surface area contributed by atoms with Gasteiger partial charge < -0.3 is 4.74 Å². The number of fused-ring (bicyclic) bond motifs is 1. The molecule has 7 heteroatoms. The highest BCUT2D eigenvalue weighted by Gasteiger charge is 2.13. The van der Waals surface area contributed by atoms with Crippen molar-refractivity contribution in [3.05, 3.63) is 83.3 Å². The molecule has 4 aromatic rings. The molecule has 0 saturated heterocycles. The molecule has 0 amide bonds. The van der Waals surface area contributed by atoms with Gasteiger partial charge in [-0.05, 0) is 54.4 Å². The number of aromatic nitrogens is 1. The highest BCUT2D eigenvalue weighted by atomic mass is 35.5. The third kappa shape index (κ3) is 4.15. The molecule has 3 aromatic carbocycles. The molecule has 0 atom stereocenters. The number of hydrogen-bond donors (Lipinski definition) is 0. The Balaban J connectivity index is 1.78. The fraction of sp³-hybridized carbons (Fsp3) is 0.0870. The summed E-state index contributed by atoms with van der Waals surface area (Å²) in [6.07, 6.45) is 1.02. The average molecular weight is 442 g/mol. The van der Waals surface area contributed by atoms with E-state index in [1.807, 2.05) is 37.3 Å². The highest BCUT2D eigenvalue weighted by Crippen LogP contribution is 2.34. The molecule has 0 N–H and O–H groups in total. The van der Waals surface area contributed by atoms with Crippen molar-refractivity contribution < 1.29 is 17.5 Å². The van der Waals surface area contributed by atoms with Gasteiger partial charge in [-0.1, -0.05) is 35.9 Å². The first-order valence-corrected chi connectivity index (χ1v) is 11.3. The monoisotopic (exact) mass is 441 g/mol. The Hall–Kier alpha value is -2.96. The second kappa shape index (κ2) is 7.70. The van der Waals surface area contributed by atoms with Gasteiger partial charge in [0, 0.05) is 23.4 Å². The van der Waals surface area contributed by atoms with Crippen LogP contribution in [-0.2, 0) is 9.84 Å². The molecule has 30 heavy (non-hydrogen) atoms. The van der Waals surface area contributed by atoms with Crippen molar-refractivity contribution >= 4 is 32.3 Å². The number of halogens is 2. The van der Waals surface area contributed by atoms with Crippen LogP contribution < -0.4 is 4.74 Å². The van der Waals surface area contributed by atoms with E-state index in [2.05, 4.69) is 4.98 Å². The Morgan fingerprint density at radius 1 is 0.967 bits per heavy atom. The van der Waals surface area contributed by atoms with Crippen molar-refractivity contribution in [2.24, 2.45) is 0 Å². The minimum atomic E-state index is -3.56. The molecule has 0 radical (unpaired) electrons. The lowest BCUT2D eigenvalue weighted by molar-refractivity contribution is 0.474. The second-order valence-corrected chi connectivity index (χ2v) is 9.39. The zero-order valence-corrected chi connectivity index (χ0v) is 17.8. The van der Waals surface area contributed by atoms with Crippen molar-refractivity contribution in [2.75, 3.05) is 6.26 Å². The topological polar surface area (TPSA) is 56.3 Å². The standard InChI is InChI=1S/C23H17ClFNO3S/c1-14-9-21(20-7-4-8-22(24)23(20)26-14)15-5-3-6-17(10-15)29-18-11-16(25)12-19(13-18)30(2,27)28/h3-13H,1-2H3. The van der Waals surface area contributed by atoms with Crippen LogP contribution >= 0.6 is 11.6 Å². The Kier molecular flexibility index (Phi) is 5.22. The predicted octanol–water partition coefficient (Wildman–Crippen LogP) is 6.20. The fourth-order valence-corrected chi connectivity index (χ4v) is 4.13. The van der Waals surface area contributed by atoms with E-state index in [0.29, 0.717) is 16.3 Å². The van der Waals surface area contributed by atoms with E-state index >= 15 is 0 Å². The SMILES string of the molecule is Cc1cc(-c2cccc(Oc3cc(F)cc(S(C)(=O)=O)c3)c2)c2cccc(Cl)c2n1. The molecule has 4 nitrogen and oxygen atoms in total. The van der Waals surface area contributed by atoms with Crippen LogP contribution in [0.5, 0.6) is 11.5 Å². The maximum absolute atomic E-state index is 13.9. The van der Waals surface area contributed by atoms with Gasteiger partial charge in [0.1, 0.15) is 17.3 Å². The Bertz CT molecular complexity index is 1390. The largest absolute Gasteiger partial charge is 0.457 e. The van der Waals surface area contributed by atoms with Crippen molar-refractivity contribution in [1.82, 2.24) is 4.98 Å². The fourth-order valence-electron chi connectivity index (χ4n) is 3.25. The van der Waals surface area contributed by atoms with E-state index < -0.39 is 15.7 Å². The summed E-state index contributed by atoms with van der Waals surface area (Å²) in [5.74, 6) is -0.136. The molecule has 0 bridgehead atoms. The summed E-state index contributed by atoms with van der Waals surface area (Å²) in [5.41, 5.74) is 3.33. The van der Waals surface area contributed by atoms with Gasteiger partial charge >= 0.3 is 0 Å². The molecule has 0 aliphatic heterocycles. The first-order valence-electron chi connectivity index (χ1n) is 9.05. The van der Waals surface area contributed by atoms with Crippen LogP contribution in [0, 0.1) is 12.7 Å². The summed E-state index contributed by atoms with van der Waals surface area (Å²) < 4.78 is 43.2. The van der Waals surface area contributed by atoms with Crippen LogP contribution in [0.15, 0.2) is 71.6 Å². The summed E-state index contributed by atoms with van der Waals surface area (Å²) in [6, 6.07) is 18.2. The van der Waals surface area contributed by atoms with Crippen LogP contribution in [-0.4, -0.2) is 19.7 Å². The first-order chi connectivity index (χ1) is 14.2. The average Bonchev–Trinajstić information content (AvgIpc) is 2.67. The minimum Gasteiger partial charge on any atom is -0.457 e. The van der Waals surface area contributed by atoms with Crippen LogP contribution in [0.1, 0.15) is 5.69 Å². The molecule has 1 aromatic heterocycles. The molecule has 0 fully saturated rings. The minimum absolute atomic E-state index is 0.103. The van der Waals surface area contributed by atoms with Gasteiger partial charge in [-0.15, -0.1) is 0 Å². The van der Waals surface area contributed by atoms with Gasteiger partial charge in [-0.3, -0.25) is 4.98 Å². The molecule has 0 saturated carbocycles. The summed E-state index contributed by atoms with van der Waals surface area (Å²) in [5, 5.41) is 1.47. The third-order valence-electron chi connectivity index (χ3n) is 4.57. The number of aryl methyl sites for hydroxylation is 1. The van der Waals surface area contributed by atoms with Crippen molar-refractivity contribution in [1.29, 1.82) is 0 Å². The van der Waals surface area contributed by atoms with E-state index in [4.69, 9.17) is 16.3 Å². The van der Waals surface area contributed by atoms with E-state index in [1.54, 1.807) is 18.2 Å². The number of hydrogen-bond acceptors (Lipinski definition) is 4. The van der Waals surface area contributed by atoms with Gasteiger partial charge in [-0.2, -0.15) is 0 Å². The van der Waals surface area contributed by atoms with Crippen LogP contribution in [0.25, 0.3) is 22.0 Å². The lowest BCUT2D eigenvalue weighted by Gasteiger charge is -2.12. The highest BCUT2D eigenvalue weighted by molar-refractivity contribution is 7.90. The smallest absolute Gasteiger partial charge is 0.175 e. The lowest BCUT2D eigenvalue weighted by Crippen LogP contribution is -1.98. The molecule has 0 aliphatic rings. The number of benzene rings is 3. The molecule has 4 rings (SSSR count). The van der Waals surface area contributed by atoms with Gasteiger partial charge in [0.15, 0.2) is 9.84 Å². The van der Waals surface area contributed by atoms with E-state index in [-0.39, 0.29) is 10.6 Å². The summed E-state index contributed by atoms with van der Waals surface area (Å²) in [4.78, 5) is 4.39.